The number of halogens is 1. The lowest BCUT2D eigenvalue weighted by atomic mass is 10.2. The molecular formula is C15H18FN2O2+. The molecule has 0 bridgehead atoms. The highest BCUT2D eigenvalue weighted by molar-refractivity contribution is 5.76. The molecule has 2 aromatic rings. The van der Waals surface area contributed by atoms with Gasteiger partial charge in [0.25, 0.3) is 5.91 Å². The smallest absolute Gasteiger partial charge is 0.275 e. The van der Waals surface area contributed by atoms with E-state index >= 15 is 0 Å². The summed E-state index contributed by atoms with van der Waals surface area (Å²) in [6.45, 7) is 1.43. The fourth-order valence-electron chi connectivity index (χ4n) is 1.95. The number of quaternary nitrogens is 1. The summed E-state index contributed by atoms with van der Waals surface area (Å²) >= 11 is 0. The molecule has 1 amide bonds. The summed E-state index contributed by atoms with van der Waals surface area (Å²) < 4.78 is 17.9. The van der Waals surface area contributed by atoms with Crippen molar-refractivity contribution in [2.45, 2.75) is 13.1 Å². The molecule has 1 aromatic carbocycles. The number of hydrogen-bond donors (Lipinski definition) is 2. The van der Waals surface area contributed by atoms with Crippen molar-refractivity contribution in [1.82, 2.24) is 5.32 Å². The summed E-state index contributed by atoms with van der Waals surface area (Å²) in [5.41, 5.74) is 1.00. The summed E-state index contributed by atoms with van der Waals surface area (Å²) in [7, 11) is 1.93. The number of hydrogen-bond acceptors (Lipinski definition) is 2. The molecule has 1 aromatic heterocycles. The van der Waals surface area contributed by atoms with E-state index in [4.69, 9.17) is 4.42 Å². The Morgan fingerprint density at radius 1 is 1.30 bits per heavy atom. The molecule has 0 aliphatic carbocycles. The molecular weight excluding hydrogens is 259 g/mol. The molecule has 0 spiro atoms. The van der Waals surface area contributed by atoms with Crippen LogP contribution in [-0.4, -0.2) is 19.5 Å². The molecule has 106 valence electrons. The van der Waals surface area contributed by atoms with Crippen LogP contribution in [0, 0.1) is 5.82 Å². The predicted molar refractivity (Wildman–Crippen MR) is 72.4 cm³/mol. The largest absolute Gasteiger partial charge is 0.467 e. The highest BCUT2D eigenvalue weighted by Crippen LogP contribution is 2.00. The van der Waals surface area contributed by atoms with Crippen molar-refractivity contribution in [1.29, 1.82) is 0 Å². The van der Waals surface area contributed by atoms with E-state index in [9.17, 15) is 9.18 Å². The van der Waals surface area contributed by atoms with Gasteiger partial charge in [-0.3, -0.25) is 4.79 Å². The van der Waals surface area contributed by atoms with E-state index in [1.807, 2.05) is 13.1 Å². The highest BCUT2D eigenvalue weighted by Gasteiger charge is 2.10. The molecule has 1 heterocycles. The van der Waals surface area contributed by atoms with Gasteiger partial charge < -0.3 is 14.6 Å². The molecule has 0 radical (unpaired) electrons. The van der Waals surface area contributed by atoms with Crippen LogP contribution in [0.2, 0.25) is 0 Å². The Kier molecular flexibility index (Phi) is 4.90. The number of furan rings is 1. The van der Waals surface area contributed by atoms with Gasteiger partial charge in [-0.1, -0.05) is 12.1 Å². The maximum Gasteiger partial charge on any atom is 0.275 e. The fourth-order valence-corrected chi connectivity index (χ4v) is 1.95. The second-order valence-corrected chi connectivity index (χ2v) is 4.79. The Hall–Kier alpha value is -2.14. The summed E-state index contributed by atoms with van der Waals surface area (Å²) in [4.78, 5) is 12.8. The van der Waals surface area contributed by atoms with Gasteiger partial charge >= 0.3 is 0 Å². The van der Waals surface area contributed by atoms with Crippen LogP contribution in [0.25, 0.3) is 0 Å². The molecule has 0 saturated heterocycles. The Labute approximate surface area is 117 Å². The van der Waals surface area contributed by atoms with Crippen molar-refractivity contribution in [3.63, 3.8) is 0 Å². The van der Waals surface area contributed by atoms with E-state index < -0.39 is 0 Å². The predicted octanol–water partition coefficient (Wildman–Crippen LogP) is 0.750. The fraction of sp³-hybridized carbons (Fsp3) is 0.267. The van der Waals surface area contributed by atoms with Gasteiger partial charge in [0.1, 0.15) is 18.1 Å². The van der Waals surface area contributed by atoms with Gasteiger partial charge in [0.05, 0.1) is 19.9 Å². The number of benzene rings is 1. The van der Waals surface area contributed by atoms with Crippen LogP contribution in [0.5, 0.6) is 0 Å². The van der Waals surface area contributed by atoms with Gasteiger partial charge in [0.15, 0.2) is 6.54 Å². The molecule has 0 aliphatic rings. The van der Waals surface area contributed by atoms with Crippen LogP contribution in [0.15, 0.2) is 47.1 Å². The first-order chi connectivity index (χ1) is 9.63. The van der Waals surface area contributed by atoms with E-state index in [-0.39, 0.29) is 11.7 Å². The maximum absolute atomic E-state index is 12.8. The summed E-state index contributed by atoms with van der Waals surface area (Å²) in [5.74, 6) is 0.443. The summed E-state index contributed by atoms with van der Waals surface area (Å²) in [6, 6.07) is 9.93. The molecule has 2 rings (SSSR count). The normalized spacial score (nSPS) is 12.1. The van der Waals surface area contributed by atoms with Crippen LogP contribution in [-0.2, 0) is 17.9 Å². The zero-order valence-corrected chi connectivity index (χ0v) is 11.4. The lowest BCUT2D eigenvalue weighted by molar-refractivity contribution is -0.885. The minimum absolute atomic E-state index is 0.0407. The number of likely N-dealkylation sites (N-methyl/N-ethyl adjacent to an activating group) is 1. The first-order valence-electron chi connectivity index (χ1n) is 6.48. The van der Waals surface area contributed by atoms with Gasteiger partial charge in [-0.2, -0.15) is 0 Å². The third kappa shape index (κ3) is 4.51. The number of carbonyl (C=O) groups is 1. The second-order valence-electron chi connectivity index (χ2n) is 4.79. The first-order valence-corrected chi connectivity index (χ1v) is 6.48. The Balaban J connectivity index is 1.74. The minimum atomic E-state index is -0.248. The van der Waals surface area contributed by atoms with E-state index in [1.165, 1.54) is 12.1 Å². The third-order valence-electron chi connectivity index (χ3n) is 2.92. The van der Waals surface area contributed by atoms with Crippen LogP contribution >= 0.6 is 0 Å². The molecule has 1 atom stereocenters. The Bertz CT molecular complexity index is 538. The molecule has 20 heavy (non-hydrogen) atoms. The Morgan fingerprint density at radius 3 is 2.70 bits per heavy atom. The van der Waals surface area contributed by atoms with E-state index in [0.717, 1.165) is 16.2 Å². The summed E-state index contributed by atoms with van der Waals surface area (Å²) in [5, 5.41) is 2.80. The van der Waals surface area contributed by atoms with Gasteiger partial charge in [-0.25, -0.2) is 4.39 Å². The lowest BCUT2D eigenvalue weighted by Gasteiger charge is -2.13. The Morgan fingerprint density at radius 2 is 2.05 bits per heavy atom. The standard InChI is InChI=1S/C15H17FN2O2/c1-18(10-12-4-6-13(16)7-5-12)11-15(19)17-9-14-3-2-8-20-14/h2-8H,9-11H2,1H3,(H,17,19)/p+1. The van der Waals surface area contributed by atoms with Gasteiger partial charge in [-0.05, 0) is 24.3 Å². The van der Waals surface area contributed by atoms with Crippen molar-refractivity contribution in [2.75, 3.05) is 13.6 Å². The number of carbonyl (C=O) groups excluding carboxylic acids is 1. The molecule has 1 unspecified atom stereocenters. The highest BCUT2D eigenvalue weighted by atomic mass is 19.1. The number of rotatable bonds is 6. The second kappa shape index (κ2) is 6.86. The first kappa shape index (κ1) is 14.3. The average molecular weight is 277 g/mol. The van der Waals surface area contributed by atoms with E-state index in [0.29, 0.717) is 19.6 Å². The monoisotopic (exact) mass is 277 g/mol. The maximum atomic E-state index is 12.8. The van der Waals surface area contributed by atoms with Crippen molar-refractivity contribution in [2.24, 2.45) is 0 Å². The third-order valence-corrected chi connectivity index (χ3v) is 2.92. The quantitative estimate of drug-likeness (QED) is 0.818. The van der Waals surface area contributed by atoms with Crippen LogP contribution in [0.4, 0.5) is 4.39 Å². The van der Waals surface area contributed by atoms with Crippen LogP contribution in [0.1, 0.15) is 11.3 Å². The van der Waals surface area contributed by atoms with Gasteiger partial charge in [0, 0.05) is 5.56 Å². The molecule has 0 saturated carbocycles. The van der Waals surface area contributed by atoms with Crippen molar-refractivity contribution in [3.05, 3.63) is 59.8 Å². The minimum Gasteiger partial charge on any atom is -0.467 e. The van der Waals surface area contributed by atoms with Crippen LogP contribution in [0.3, 0.4) is 0 Å². The van der Waals surface area contributed by atoms with E-state index in [2.05, 4.69) is 5.32 Å². The van der Waals surface area contributed by atoms with Gasteiger partial charge in [-0.15, -0.1) is 0 Å². The zero-order valence-electron chi connectivity index (χ0n) is 11.4. The number of nitrogens with one attached hydrogen (secondary N) is 2. The number of amides is 1. The van der Waals surface area contributed by atoms with Crippen LogP contribution < -0.4 is 10.2 Å². The molecule has 5 heteroatoms. The molecule has 4 nitrogen and oxygen atoms in total. The van der Waals surface area contributed by atoms with Crippen molar-refractivity contribution in [3.8, 4) is 0 Å². The SMILES string of the molecule is C[NH+](CC(=O)NCc1ccco1)Cc1ccc(F)cc1. The average Bonchev–Trinajstić information content (AvgIpc) is 2.92. The van der Waals surface area contributed by atoms with Crippen molar-refractivity contribution < 1.29 is 18.5 Å². The molecule has 0 aliphatic heterocycles. The van der Waals surface area contributed by atoms with E-state index in [1.54, 1.807) is 24.5 Å². The molecule has 2 N–H and O–H groups in total. The lowest BCUT2D eigenvalue weighted by Crippen LogP contribution is -3.08. The zero-order chi connectivity index (χ0) is 14.4. The van der Waals surface area contributed by atoms with Crippen molar-refractivity contribution >= 4 is 5.91 Å². The topological polar surface area (TPSA) is 46.7 Å². The summed E-state index contributed by atoms with van der Waals surface area (Å²) in [6.07, 6.45) is 1.58. The van der Waals surface area contributed by atoms with Gasteiger partial charge in [0.2, 0.25) is 0 Å². The molecule has 0 fully saturated rings.